The second-order valence-electron chi connectivity index (χ2n) is 11.4. The molecule has 4 aromatic rings. The molecule has 1 amide bonds. The minimum atomic E-state index is -4.27. The van der Waals surface area contributed by atoms with E-state index in [0.29, 0.717) is 37.3 Å². The van der Waals surface area contributed by atoms with Gasteiger partial charge in [0.15, 0.2) is 4.90 Å². The third-order valence-corrected chi connectivity index (χ3v) is 9.72. The fraction of sp³-hybridized carbons (Fsp3) is 0.324. The van der Waals surface area contributed by atoms with Crippen molar-refractivity contribution < 1.29 is 18.1 Å². The van der Waals surface area contributed by atoms with Crippen LogP contribution in [0.5, 0.6) is 0 Å². The Labute approximate surface area is 269 Å². The molecule has 0 saturated carbocycles. The third kappa shape index (κ3) is 9.03. The number of amides is 1. The van der Waals surface area contributed by atoms with Crippen LogP contribution in [0.3, 0.4) is 0 Å². The number of aromatic nitrogens is 2. The highest BCUT2D eigenvalue weighted by Gasteiger charge is 2.32. The van der Waals surface area contributed by atoms with Crippen LogP contribution in [0.15, 0.2) is 96.0 Å². The first-order valence-electron chi connectivity index (χ1n) is 15.4. The molecule has 0 unspecified atom stereocenters. The number of carbonyl (C=O) groups excluding carboxylic acids is 1. The maximum atomic E-state index is 13.8. The number of hydrogen-bond donors (Lipinski definition) is 1. The van der Waals surface area contributed by atoms with Crippen molar-refractivity contribution in [1.29, 1.82) is 0 Å². The average Bonchev–Trinajstić information content (AvgIpc) is 3.06. The molecular weight excluding hydrogens is 604 g/mol. The maximum Gasteiger partial charge on any atom is 0.289 e. The third-order valence-electron chi connectivity index (χ3n) is 7.88. The first-order chi connectivity index (χ1) is 22.3. The van der Waals surface area contributed by atoms with Crippen molar-refractivity contribution in [3.63, 3.8) is 0 Å². The van der Waals surface area contributed by atoms with Crippen molar-refractivity contribution in [3.8, 4) is 0 Å². The van der Waals surface area contributed by atoms with Gasteiger partial charge in [-0.1, -0.05) is 55.0 Å². The molecule has 11 nitrogen and oxygen atoms in total. The molecule has 1 aliphatic heterocycles. The minimum absolute atomic E-state index is 0.0132. The average molecular weight is 643 g/mol. The lowest BCUT2D eigenvalue weighted by molar-refractivity contribution is -0.387. The molecule has 0 spiro atoms. The summed E-state index contributed by atoms with van der Waals surface area (Å²) in [5, 5.41) is 14.7. The highest BCUT2D eigenvalue weighted by molar-refractivity contribution is 7.89. The number of hydrogen-bond acceptors (Lipinski definition) is 8. The molecule has 1 aliphatic rings. The van der Waals surface area contributed by atoms with Crippen LogP contribution in [0.2, 0.25) is 0 Å². The second-order valence-corrected chi connectivity index (χ2v) is 13.3. The van der Waals surface area contributed by atoms with Crippen LogP contribution < -0.4 is 5.32 Å². The van der Waals surface area contributed by atoms with Crippen molar-refractivity contribution in [2.45, 2.75) is 56.6 Å². The fourth-order valence-corrected chi connectivity index (χ4v) is 7.02. The van der Waals surface area contributed by atoms with Crippen LogP contribution in [0.4, 0.5) is 5.69 Å². The second kappa shape index (κ2) is 15.7. The van der Waals surface area contributed by atoms with Crippen LogP contribution >= 0.6 is 0 Å². The molecule has 0 saturated heterocycles. The van der Waals surface area contributed by atoms with Gasteiger partial charge in [-0.3, -0.25) is 29.8 Å². The molecule has 2 aromatic carbocycles. The molecule has 0 radical (unpaired) electrons. The van der Waals surface area contributed by atoms with Crippen molar-refractivity contribution in [3.05, 3.63) is 129 Å². The molecule has 240 valence electrons. The number of nitro groups is 1. The Kier molecular flexibility index (Phi) is 11.2. The zero-order valence-electron chi connectivity index (χ0n) is 25.6. The van der Waals surface area contributed by atoms with Gasteiger partial charge in [0.25, 0.3) is 15.7 Å². The highest BCUT2D eigenvalue weighted by atomic mass is 32.2. The van der Waals surface area contributed by atoms with Gasteiger partial charge in [0.1, 0.15) is 0 Å². The zero-order valence-corrected chi connectivity index (χ0v) is 26.4. The molecule has 2 bridgehead atoms. The van der Waals surface area contributed by atoms with Gasteiger partial charge < -0.3 is 5.32 Å². The number of sulfonamides is 1. The van der Waals surface area contributed by atoms with Crippen LogP contribution in [0.1, 0.15) is 47.5 Å². The van der Waals surface area contributed by atoms with E-state index in [4.69, 9.17) is 4.98 Å². The summed E-state index contributed by atoms with van der Waals surface area (Å²) in [5.74, 6) is -0.0132. The van der Waals surface area contributed by atoms with E-state index < -0.39 is 20.6 Å². The molecule has 3 heterocycles. The lowest BCUT2D eigenvalue weighted by Gasteiger charge is -2.23. The summed E-state index contributed by atoms with van der Waals surface area (Å²) in [6, 6.07) is 24.3. The van der Waals surface area contributed by atoms with Crippen molar-refractivity contribution in [2.24, 2.45) is 0 Å². The Morgan fingerprint density at radius 2 is 1.59 bits per heavy atom. The first-order valence-corrected chi connectivity index (χ1v) is 16.9. The van der Waals surface area contributed by atoms with Gasteiger partial charge in [0, 0.05) is 56.3 Å². The Morgan fingerprint density at radius 3 is 2.35 bits per heavy atom. The molecule has 12 heteroatoms. The molecule has 0 fully saturated rings. The van der Waals surface area contributed by atoms with Gasteiger partial charge in [0.05, 0.1) is 23.7 Å². The molecular formula is C34H38N6O5S. The number of carbonyl (C=O) groups is 1. The number of aryl methyl sites for hydroxylation is 1. The van der Waals surface area contributed by atoms with E-state index in [9.17, 15) is 23.3 Å². The standard InChI is InChI=1S/C34H38N6O5S/c41-34-26-38(22-19-30-12-8-11-29(37-30)9-2-1-6-21-36-34)23-27-15-17-28(18-16-27)24-39(25-31-10-5-7-20-35-31)46(44,45)33-14-4-3-13-32(33)40(42)43/h3-5,7-8,10-18,20H,1-2,6,9,19,21-26H2,(H,36,41). The SMILES string of the molecule is O=C1CN(Cc2ccc(CN(Cc3ccccn3)S(=O)(=O)c3ccccc3[N+](=O)[O-])cc2)CCc2cccc(n2)CCCCCN1. The molecule has 0 atom stereocenters. The number of para-hydroxylation sites is 1. The quantitative estimate of drug-likeness (QED) is 0.206. The fourth-order valence-electron chi connectivity index (χ4n) is 5.46. The number of nitrogens with zero attached hydrogens (tertiary/aromatic N) is 5. The smallest absolute Gasteiger partial charge is 0.289 e. The van der Waals surface area contributed by atoms with E-state index in [-0.39, 0.29) is 30.4 Å². The number of benzene rings is 2. The minimum Gasteiger partial charge on any atom is -0.355 e. The van der Waals surface area contributed by atoms with Gasteiger partial charge >= 0.3 is 0 Å². The summed E-state index contributed by atoms with van der Waals surface area (Å²) in [7, 11) is -4.27. The van der Waals surface area contributed by atoms with Gasteiger partial charge in [-0.05, 0) is 60.7 Å². The monoisotopic (exact) mass is 642 g/mol. The van der Waals surface area contributed by atoms with Crippen LogP contribution in [-0.2, 0) is 47.3 Å². The normalized spacial score (nSPS) is 15.2. The van der Waals surface area contributed by atoms with Crippen molar-refractivity contribution >= 4 is 21.6 Å². The molecule has 46 heavy (non-hydrogen) atoms. The van der Waals surface area contributed by atoms with E-state index in [0.717, 1.165) is 42.6 Å². The van der Waals surface area contributed by atoms with E-state index >= 15 is 0 Å². The molecule has 1 N–H and O–H groups in total. The summed E-state index contributed by atoms with van der Waals surface area (Å²) >= 11 is 0. The summed E-state index contributed by atoms with van der Waals surface area (Å²) in [5.41, 5.74) is 3.82. The van der Waals surface area contributed by atoms with Gasteiger partial charge in [-0.25, -0.2) is 8.42 Å². The van der Waals surface area contributed by atoms with Gasteiger partial charge in [0.2, 0.25) is 5.91 Å². The Morgan fingerprint density at radius 1 is 0.848 bits per heavy atom. The van der Waals surface area contributed by atoms with E-state index in [2.05, 4.69) is 21.3 Å². The van der Waals surface area contributed by atoms with Crippen LogP contribution in [0.25, 0.3) is 0 Å². The number of nitrogens with one attached hydrogen (secondary N) is 1. The lowest BCUT2D eigenvalue weighted by atomic mass is 10.1. The molecule has 5 rings (SSSR count). The summed E-state index contributed by atoms with van der Waals surface area (Å²) in [6.07, 6.45) is 6.23. The summed E-state index contributed by atoms with van der Waals surface area (Å²) in [6.45, 7) is 2.01. The van der Waals surface area contributed by atoms with E-state index in [1.54, 1.807) is 24.4 Å². The van der Waals surface area contributed by atoms with Crippen molar-refractivity contribution in [2.75, 3.05) is 19.6 Å². The highest BCUT2D eigenvalue weighted by Crippen LogP contribution is 2.28. The molecule has 2 aromatic heterocycles. The lowest BCUT2D eigenvalue weighted by Crippen LogP contribution is -2.38. The first kappa shape index (κ1) is 32.9. The van der Waals surface area contributed by atoms with E-state index in [1.807, 2.05) is 36.4 Å². The number of pyridine rings is 2. The Hall–Kier alpha value is -4.52. The van der Waals surface area contributed by atoms with E-state index in [1.165, 1.54) is 28.6 Å². The summed E-state index contributed by atoms with van der Waals surface area (Å²) < 4.78 is 28.9. The van der Waals surface area contributed by atoms with Gasteiger partial charge in [-0.15, -0.1) is 0 Å². The Balaban J connectivity index is 1.34. The predicted molar refractivity (Wildman–Crippen MR) is 174 cm³/mol. The largest absolute Gasteiger partial charge is 0.355 e. The topological polar surface area (TPSA) is 139 Å². The predicted octanol–water partition coefficient (Wildman–Crippen LogP) is 4.66. The van der Waals surface area contributed by atoms with Crippen LogP contribution in [0, 0.1) is 10.1 Å². The Bertz CT molecular complexity index is 1730. The molecule has 0 aliphatic carbocycles. The van der Waals surface area contributed by atoms with Crippen molar-refractivity contribution in [1.82, 2.24) is 24.5 Å². The maximum absolute atomic E-state index is 13.8. The zero-order chi connectivity index (χ0) is 32.4. The van der Waals surface area contributed by atoms with Gasteiger partial charge in [-0.2, -0.15) is 4.31 Å². The summed E-state index contributed by atoms with van der Waals surface area (Å²) in [4.78, 5) is 34.6. The van der Waals surface area contributed by atoms with Crippen LogP contribution in [-0.4, -0.2) is 58.1 Å². The number of rotatable bonds is 9. The number of nitro benzene ring substituents is 1. The number of fused-ring (bicyclic) bond motifs is 2.